The molecule has 0 aromatic carbocycles. The van der Waals surface area contributed by atoms with Crippen molar-refractivity contribution in [3.05, 3.63) is 22.5 Å². The predicted octanol–water partition coefficient (Wildman–Crippen LogP) is 0.715. The van der Waals surface area contributed by atoms with Gasteiger partial charge in [-0.15, -0.1) is 0 Å². The summed E-state index contributed by atoms with van der Waals surface area (Å²) < 4.78 is 2.48. The number of hydrogen-bond acceptors (Lipinski definition) is 5. The maximum atomic E-state index is 12.6. The van der Waals surface area contributed by atoms with Gasteiger partial charge in [0.2, 0.25) is 0 Å². The first kappa shape index (κ1) is 15.4. The van der Waals surface area contributed by atoms with Crippen LogP contribution in [0.2, 0.25) is 0 Å². The summed E-state index contributed by atoms with van der Waals surface area (Å²) in [6, 6.07) is -0.321. The minimum atomic E-state index is -0.421. The van der Waals surface area contributed by atoms with E-state index >= 15 is 0 Å². The number of amides is 1. The van der Waals surface area contributed by atoms with Crippen LogP contribution in [0, 0.1) is 0 Å². The first-order valence-electron chi connectivity index (χ1n) is 7.71. The third-order valence-electron chi connectivity index (χ3n) is 4.11. The van der Waals surface area contributed by atoms with Crippen LogP contribution < -0.4 is 5.69 Å². The second kappa shape index (κ2) is 5.94. The van der Waals surface area contributed by atoms with Gasteiger partial charge in [0.05, 0.1) is 6.20 Å². The lowest BCUT2D eigenvalue weighted by Gasteiger charge is -2.14. The molecule has 2 aromatic rings. The summed E-state index contributed by atoms with van der Waals surface area (Å²) >= 11 is 0. The second-order valence-corrected chi connectivity index (χ2v) is 5.85. The van der Waals surface area contributed by atoms with Crippen LogP contribution in [0.25, 0.3) is 11.2 Å². The van der Waals surface area contributed by atoms with Gasteiger partial charge in [-0.2, -0.15) is 0 Å². The Morgan fingerprint density at radius 3 is 2.61 bits per heavy atom. The van der Waals surface area contributed by atoms with E-state index in [2.05, 4.69) is 9.97 Å². The molecule has 1 fully saturated rings. The van der Waals surface area contributed by atoms with Crippen molar-refractivity contribution in [1.29, 1.82) is 0 Å². The van der Waals surface area contributed by atoms with Crippen molar-refractivity contribution in [2.45, 2.75) is 32.6 Å². The Labute approximate surface area is 132 Å². The fourth-order valence-electron chi connectivity index (χ4n) is 2.79. The van der Waals surface area contributed by atoms with Gasteiger partial charge in [-0.3, -0.25) is 4.57 Å². The van der Waals surface area contributed by atoms with E-state index in [0.717, 1.165) is 17.4 Å². The molecule has 23 heavy (non-hydrogen) atoms. The average molecular weight is 317 g/mol. The third kappa shape index (κ3) is 2.76. The highest BCUT2D eigenvalue weighted by Crippen LogP contribution is 2.14. The molecule has 0 atom stereocenters. The molecule has 0 unspecified atom stereocenters. The summed E-state index contributed by atoms with van der Waals surface area (Å²) in [5.41, 5.74) is 0.395. The van der Waals surface area contributed by atoms with Crippen LogP contribution in [0.3, 0.4) is 0 Å². The maximum absolute atomic E-state index is 12.6. The highest BCUT2D eigenvalue weighted by atomic mass is 16.2. The largest absolute Gasteiger partial charge is 0.338 e. The molecule has 0 spiro atoms. The number of aryl methyl sites for hydroxylation is 2. The summed E-state index contributed by atoms with van der Waals surface area (Å²) in [6.07, 6.45) is 4.18. The first-order chi connectivity index (χ1) is 11.0. The molecule has 3 heterocycles. The molecule has 3 rings (SSSR count). The summed E-state index contributed by atoms with van der Waals surface area (Å²) in [5, 5.41) is 0. The molecule has 2 aromatic heterocycles. The predicted molar refractivity (Wildman–Crippen MR) is 83.4 cm³/mol. The number of Topliss-reactive ketones (excluding diaryl/α,β-unsaturated/α-hetero) is 1. The van der Waals surface area contributed by atoms with Gasteiger partial charge >= 0.3 is 11.7 Å². The van der Waals surface area contributed by atoms with Crippen LogP contribution in [-0.4, -0.2) is 48.9 Å². The van der Waals surface area contributed by atoms with Crippen molar-refractivity contribution in [1.82, 2.24) is 24.0 Å². The molecule has 1 aliphatic rings. The molecule has 0 radical (unpaired) electrons. The van der Waals surface area contributed by atoms with Gasteiger partial charge in [0.25, 0.3) is 0 Å². The van der Waals surface area contributed by atoms with Crippen molar-refractivity contribution in [2.75, 3.05) is 13.1 Å². The molecule has 8 heteroatoms. The fraction of sp³-hybridized carbons (Fsp3) is 0.533. The van der Waals surface area contributed by atoms with E-state index in [1.807, 2.05) is 0 Å². The molecule has 0 aliphatic carbocycles. The molecular weight excluding hydrogens is 298 g/mol. The number of fused-ring (bicyclic) bond motifs is 1. The van der Waals surface area contributed by atoms with Gasteiger partial charge in [0.1, 0.15) is 17.1 Å². The van der Waals surface area contributed by atoms with Gasteiger partial charge < -0.3 is 9.69 Å². The summed E-state index contributed by atoms with van der Waals surface area (Å²) in [6.45, 7) is 2.85. The van der Waals surface area contributed by atoms with Gasteiger partial charge in [0, 0.05) is 33.0 Å². The lowest BCUT2D eigenvalue weighted by atomic mass is 10.2. The minimum absolute atomic E-state index is 0.0596. The smallest absolute Gasteiger partial charge is 0.324 e. The number of carbonyl (C=O) groups excluding carboxylic acids is 2. The topological polar surface area (TPSA) is 90.1 Å². The quantitative estimate of drug-likeness (QED) is 0.832. The molecule has 122 valence electrons. The molecule has 0 N–H and O–H groups in total. The van der Waals surface area contributed by atoms with E-state index in [-0.39, 0.29) is 11.8 Å². The Hall–Kier alpha value is -2.51. The number of carbonyl (C=O) groups is 2. The number of rotatable bonds is 3. The van der Waals surface area contributed by atoms with Crippen LogP contribution in [-0.2, 0) is 18.3 Å². The first-order valence-corrected chi connectivity index (χ1v) is 7.71. The molecule has 0 bridgehead atoms. The van der Waals surface area contributed by atoms with Crippen LogP contribution in [0.15, 0.2) is 11.0 Å². The van der Waals surface area contributed by atoms with E-state index in [0.29, 0.717) is 42.9 Å². The Bertz CT molecular complexity index is 829. The summed E-state index contributed by atoms with van der Waals surface area (Å²) in [7, 11) is 1.58. The number of likely N-dealkylation sites (tertiary alicyclic amines) is 1. The van der Waals surface area contributed by atoms with E-state index < -0.39 is 5.69 Å². The molecule has 0 saturated carbocycles. The monoisotopic (exact) mass is 317 g/mol. The van der Waals surface area contributed by atoms with Crippen LogP contribution in [0.4, 0.5) is 4.79 Å². The summed E-state index contributed by atoms with van der Waals surface area (Å²) in [4.78, 5) is 46.3. The molecule has 1 saturated heterocycles. The van der Waals surface area contributed by atoms with Crippen LogP contribution in [0.5, 0.6) is 0 Å². The van der Waals surface area contributed by atoms with Crippen molar-refractivity contribution in [2.24, 2.45) is 7.05 Å². The highest BCUT2D eigenvalue weighted by molar-refractivity contribution is 5.87. The average Bonchev–Trinajstić information content (AvgIpc) is 3.14. The Kier molecular flexibility index (Phi) is 3.97. The number of ketones is 1. The standard InChI is InChI=1S/C15H19N5O3/c1-10(21)5-6-12-16-9-11-13(17-12)18(2)14(22)20(11)15(23)19-7-3-4-8-19/h9H,3-8H2,1-2H3. The van der Waals surface area contributed by atoms with Crippen LogP contribution >= 0.6 is 0 Å². The maximum Gasteiger partial charge on any atom is 0.338 e. The number of hydrogen-bond donors (Lipinski definition) is 0. The fourth-order valence-corrected chi connectivity index (χ4v) is 2.79. The van der Waals surface area contributed by atoms with E-state index in [9.17, 15) is 14.4 Å². The molecule has 1 amide bonds. The Morgan fingerprint density at radius 1 is 1.26 bits per heavy atom. The number of imidazole rings is 1. The van der Waals surface area contributed by atoms with Crippen LogP contribution in [0.1, 0.15) is 32.0 Å². The SMILES string of the molecule is CC(=O)CCc1ncc2c(n1)n(C)c(=O)n2C(=O)N1CCCC1. The zero-order valence-corrected chi connectivity index (χ0v) is 13.3. The van der Waals surface area contributed by atoms with Crippen molar-refractivity contribution < 1.29 is 9.59 Å². The molecular formula is C15H19N5O3. The van der Waals surface area contributed by atoms with E-state index in [1.54, 1.807) is 11.9 Å². The number of nitrogens with zero attached hydrogens (tertiary/aromatic N) is 5. The lowest BCUT2D eigenvalue weighted by Crippen LogP contribution is -2.38. The van der Waals surface area contributed by atoms with Gasteiger partial charge in [-0.05, 0) is 19.8 Å². The Morgan fingerprint density at radius 2 is 1.96 bits per heavy atom. The van der Waals surface area contributed by atoms with E-state index in [4.69, 9.17) is 0 Å². The highest BCUT2D eigenvalue weighted by Gasteiger charge is 2.25. The van der Waals surface area contributed by atoms with Gasteiger partial charge in [-0.25, -0.2) is 24.1 Å². The molecule has 8 nitrogen and oxygen atoms in total. The minimum Gasteiger partial charge on any atom is -0.324 e. The third-order valence-corrected chi connectivity index (χ3v) is 4.11. The van der Waals surface area contributed by atoms with E-state index in [1.165, 1.54) is 17.7 Å². The van der Waals surface area contributed by atoms with Crippen molar-refractivity contribution >= 4 is 23.0 Å². The number of aromatic nitrogens is 4. The van der Waals surface area contributed by atoms with Crippen molar-refractivity contribution in [3.8, 4) is 0 Å². The van der Waals surface area contributed by atoms with Gasteiger partial charge in [0.15, 0.2) is 5.65 Å². The Balaban J connectivity index is 2.02. The van der Waals surface area contributed by atoms with Gasteiger partial charge in [-0.1, -0.05) is 0 Å². The molecule has 1 aliphatic heterocycles. The van der Waals surface area contributed by atoms with Crippen molar-refractivity contribution in [3.63, 3.8) is 0 Å². The lowest BCUT2D eigenvalue weighted by molar-refractivity contribution is -0.117. The summed E-state index contributed by atoms with van der Waals surface area (Å²) in [5.74, 6) is 0.554. The zero-order chi connectivity index (χ0) is 16.6. The normalized spacial score (nSPS) is 14.6. The second-order valence-electron chi connectivity index (χ2n) is 5.85. The zero-order valence-electron chi connectivity index (χ0n) is 13.3.